The van der Waals surface area contributed by atoms with Crippen molar-refractivity contribution >= 4 is 0 Å². The summed E-state index contributed by atoms with van der Waals surface area (Å²) >= 11 is 0. The number of hydrogen-bond acceptors (Lipinski definition) is 3. The zero-order chi connectivity index (χ0) is 9.68. The fourth-order valence-electron chi connectivity index (χ4n) is 1.22. The van der Waals surface area contributed by atoms with Gasteiger partial charge in [-0.1, -0.05) is 6.07 Å². The lowest BCUT2D eigenvalue weighted by Crippen LogP contribution is -2.35. The van der Waals surface area contributed by atoms with Gasteiger partial charge in [-0.05, 0) is 25.5 Å². The van der Waals surface area contributed by atoms with E-state index in [0.29, 0.717) is 18.6 Å². The lowest BCUT2D eigenvalue weighted by Gasteiger charge is -2.18. The molecule has 0 aliphatic rings. The van der Waals surface area contributed by atoms with E-state index in [9.17, 15) is 0 Å². The number of pyridine rings is 1. The number of nitrogens with zero attached hydrogens (tertiary/aromatic N) is 1. The van der Waals surface area contributed by atoms with Crippen LogP contribution in [0.2, 0.25) is 0 Å². The normalized spacial score (nSPS) is 15.3. The Morgan fingerprint density at radius 1 is 1.54 bits per heavy atom. The van der Waals surface area contributed by atoms with Crippen LogP contribution in [0.3, 0.4) is 0 Å². The molecule has 1 rings (SSSR count). The molecule has 0 saturated heterocycles. The molecule has 72 valence electrons. The average molecular weight is 179 g/mol. The molecule has 13 heavy (non-hydrogen) atoms. The van der Waals surface area contributed by atoms with Gasteiger partial charge in [0.25, 0.3) is 0 Å². The van der Waals surface area contributed by atoms with E-state index in [4.69, 9.17) is 5.73 Å². The third-order valence-electron chi connectivity index (χ3n) is 2.07. The summed E-state index contributed by atoms with van der Waals surface area (Å²) in [5.41, 5.74) is 6.72. The van der Waals surface area contributed by atoms with Crippen molar-refractivity contribution in [1.82, 2.24) is 10.3 Å². The predicted octanol–water partition coefficient (Wildman–Crippen LogP) is 1.08. The highest BCUT2D eigenvalue weighted by atomic mass is 15.0. The first-order chi connectivity index (χ1) is 6.24. The Hall–Kier alpha value is -0.930. The fourth-order valence-corrected chi connectivity index (χ4v) is 1.22. The molecule has 3 N–H and O–H groups in total. The standard InChI is InChI=1S/C10H17N3/c1-8(6-11)13-9(2)10-4-3-5-12-7-10/h3-5,7-9,13H,6,11H2,1-2H3/t8?,9-/m0/s1. The van der Waals surface area contributed by atoms with E-state index < -0.39 is 0 Å². The highest BCUT2D eigenvalue weighted by Crippen LogP contribution is 2.09. The quantitative estimate of drug-likeness (QED) is 0.727. The van der Waals surface area contributed by atoms with Gasteiger partial charge in [-0.25, -0.2) is 0 Å². The molecule has 0 saturated carbocycles. The minimum atomic E-state index is 0.312. The van der Waals surface area contributed by atoms with Gasteiger partial charge in [0, 0.05) is 31.0 Å². The molecule has 0 bridgehead atoms. The topological polar surface area (TPSA) is 50.9 Å². The maximum absolute atomic E-state index is 5.52. The van der Waals surface area contributed by atoms with Crippen molar-refractivity contribution in [2.75, 3.05) is 6.54 Å². The molecular weight excluding hydrogens is 162 g/mol. The Kier molecular flexibility index (Phi) is 3.86. The lowest BCUT2D eigenvalue weighted by molar-refractivity contribution is 0.485. The molecular formula is C10H17N3. The van der Waals surface area contributed by atoms with Crippen molar-refractivity contribution in [2.24, 2.45) is 5.73 Å². The maximum atomic E-state index is 5.52. The van der Waals surface area contributed by atoms with Crippen LogP contribution >= 0.6 is 0 Å². The van der Waals surface area contributed by atoms with Crippen molar-refractivity contribution in [3.05, 3.63) is 30.1 Å². The third-order valence-corrected chi connectivity index (χ3v) is 2.07. The summed E-state index contributed by atoms with van der Waals surface area (Å²) in [6, 6.07) is 4.66. The van der Waals surface area contributed by atoms with Crippen molar-refractivity contribution in [3.8, 4) is 0 Å². The molecule has 0 amide bonds. The van der Waals surface area contributed by atoms with Gasteiger partial charge in [-0.15, -0.1) is 0 Å². The van der Waals surface area contributed by atoms with Crippen LogP contribution in [-0.2, 0) is 0 Å². The summed E-state index contributed by atoms with van der Waals surface area (Å²) in [4.78, 5) is 4.07. The van der Waals surface area contributed by atoms with E-state index in [1.165, 1.54) is 5.56 Å². The van der Waals surface area contributed by atoms with Crippen LogP contribution in [-0.4, -0.2) is 17.6 Å². The van der Waals surface area contributed by atoms with Crippen LogP contribution < -0.4 is 11.1 Å². The van der Waals surface area contributed by atoms with Gasteiger partial charge in [0.2, 0.25) is 0 Å². The second-order valence-electron chi connectivity index (χ2n) is 3.31. The number of rotatable bonds is 4. The van der Waals surface area contributed by atoms with Gasteiger partial charge in [-0.2, -0.15) is 0 Å². The molecule has 2 atom stereocenters. The van der Waals surface area contributed by atoms with E-state index in [-0.39, 0.29) is 0 Å². The monoisotopic (exact) mass is 179 g/mol. The van der Waals surface area contributed by atoms with Crippen molar-refractivity contribution in [3.63, 3.8) is 0 Å². The Balaban J connectivity index is 2.53. The first-order valence-electron chi connectivity index (χ1n) is 4.60. The van der Waals surface area contributed by atoms with Crippen molar-refractivity contribution < 1.29 is 0 Å². The largest absolute Gasteiger partial charge is 0.329 e. The number of aromatic nitrogens is 1. The maximum Gasteiger partial charge on any atom is 0.0315 e. The molecule has 0 fully saturated rings. The van der Waals surface area contributed by atoms with E-state index >= 15 is 0 Å². The van der Waals surface area contributed by atoms with E-state index in [1.54, 1.807) is 6.20 Å². The molecule has 1 aromatic heterocycles. The van der Waals surface area contributed by atoms with Crippen LogP contribution in [0.25, 0.3) is 0 Å². The number of nitrogens with one attached hydrogen (secondary N) is 1. The summed E-state index contributed by atoms with van der Waals surface area (Å²) in [7, 11) is 0. The fraction of sp³-hybridized carbons (Fsp3) is 0.500. The first-order valence-corrected chi connectivity index (χ1v) is 4.60. The number of nitrogens with two attached hydrogens (primary N) is 1. The summed E-state index contributed by atoms with van der Waals surface area (Å²) in [5, 5.41) is 3.38. The third kappa shape index (κ3) is 3.13. The first kappa shape index (κ1) is 10.2. The Morgan fingerprint density at radius 3 is 2.85 bits per heavy atom. The number of hydrogen-bond donors (Lipinski definition) is 2. The minimum absolute atomic E-state index is 0.312. The molecule has 0 aromatic carbocycles. The predicted molar refractivity (Wildman–Crippen MR) is 54.3 cm³/mol. The zero-order valence-corrected chi connectivity index (χ0v) is 8.20. The van der Waals surface area contributed by atoms with Crippen LogP contribution in [0.1, 0.15) is 25.5 Å². The summed E-state index contributed by atoms with van der Waals surface area (Å²) in [5.74, 6) is 0. The van der Waals surface area contributed by atoms with Crippen molar-refractivity contribution in [1.29, 1.82) is 0 Å². The minimum Gasteiger partial charge on any atom is -0.329 e. The SMILES string of the molecule is CC(CN)N[C@@H](C)c1cccnc1. The van der Waals surface area contributed by atoms with Gasteiger partial charge in [-0.3, -0.25) is 4.98 Å². The summed E-state index contributed by atoms with van der Waals surface area (Å²) < 4.78 is 0. The molecule has 1 aromatic rings. The Labute approximate surface area is 79.4 Å². The lowest BCUT2D eigenvalue weighted by atomic mass is 10.1. The highest BCUT2D eigenvalue weighted by molar-refractivity contribution is 5.12. The van der Waals surface area contributed by atoms with E-state index in [1.807, 2.05) is 12.3 Å². The van der Waals surface area contributed by atoms with Gasteiger partial charge in [0.15, 0.2) is 0 Å². The van der Waals surface area contributed by atoms with E-state index in [0.717, 1.165) is 0 Å². The second kappa shape index (κ2) is 4.94. The summed E-state index contributed by atoms with van der Waals surface area (Å²) in [6.45, 7) is 4.85. The van der Waals surface area contributed by atoms with Gasteiger partial charge >= 0.3 is 0 Å². The average Bonchev–Trinajstić information content (AvgIpc) is 2.19. The Bertz CT molecular complexity index is 235. The van der Waals surface area contributed by atoms with Crippen LogP contribution in [0.5, 0.6) is 0 Å². The summed E-state index contributed by atoms with van der Waals surface area (Å²) in [6.07, 6.45) is 3.66. The smallest absolute Gasteiger partial charge is 0.0315 e. The molecule has 3 nitrogen and oxygen atoms in total. The molecule has 0 radical (unpaired) electrons. The van der Waals surface area contributed by atoms with Crippen LogP contribution in [0.4, 0.5) is 0 Å². The van der Waals surface area contributed by atoms with Gasteiger partial charge in [0.1, 0.15) is 0 Å². The molecule has 0 aliphatic heterocycles. The molecule has 1 heterocycles. The van der Waals surface area contributed by atoms with Crippen LogP contribution in [0, 0.1) is 0 Å². The van der Waals surface area contributed by atoms with E-state index in [2.05, 4.69) is 30.2 Å². The molecule has 3 heteroatoms. The molecule has 0 spiro atoms. The van der Waals surface area contributed by atoms with Crippen LogP contribution in [0.15, 0.2) is 24.5 Å². The molecule has 0 aliphatic carbocycles. The highest BCUT2D eigenvalue weighted by Gasteiger charge is 2.07. The Morgan fingerprint density at radius 2 is 2.31 bits per heavy atom. The zero-order valence-electron chi connectivity index (χ0n) is 8.20. The second-order valence-corrected chi connectivity index (χ2v) is 3.31. The van der Waals surface area contributed by atoms with Crippen molar-refractivity contribution in [2.45, 2.75) is 25.9 Å². The molecule has 1 unspecified atom stereocenters. The van der Waals surface area contributed by atoms with Gasteiger partial charge < -0.3 is 11.1 Å². The van der Waals surface area contributed by atoms with Gasteiger partial charge in [0.05, 0.1) is 0 Å².